The lowest BCUT2D eigenvalue weighted by Crippen LogP contribution is -2.18. The Morgan fingerprint density at radius 2 is 1.84 bits per heavy atom. The molecule has 0 atom stereocenters. The Hall–Kier alpha value is -3.47. The van der Waals surface area contributed by atoms with Gasteiger partial charge >= 0.3 is 0 Å². The predicted molar refractivity (Wildman–Crippen MR) is 96.5 cm³/mol. The van der Waals surface area contributed by atoms with Gasteiger partial charge < -0.3 is 4.74 Å². The Balaban J connectivity index is 1.65. The van der Waals surface area contributed by atoms with Crippen molar-refractivity contribution < 1.29 is 9.53 Å². The molecule has 0 radical (unpaired) electrons. The molecular weight excluding hydrogens is 314 g/mol. The molecule has 25 heavy (non-hydrogen) atoms. The van der Waals surface area contributed by atoms with Crippen LogP contribution in [-0.2, 0) is 6.61 Å². The van der Waals surface area contributed by atoms with Crippen molar-refractivity contribution >= 4 is 12.1 Å². The lowest BCUT2D eigenvalue weighted by Gasteiger charge is -2.10. The van der Waals surface area contributed by atoms with E-state index in [0.717, 1.165) is 11.1 Å². The summed E-state index contributed by atoms with van der Waals surface area (Å²) in [5.74, 6) is 0.184. The van der Waals surface area contributed by atoms with E-state index in [1.54, 1.807) is 42.9 Å². The molecule has 0 aliphatic heterocycles. The predicted octanol–water partition coefficient (Wildman–Crippen LogP) is 3.42. The highest BCUT2D eigenvalue weighted by molar-refractivity contribution is 5.97. The number of ether oxygens (including phenoxy) is 1. The van der Waals surface area contributed by atoms with Crippen LogP contribution in [0.25, 0.3) is 0 Å². The molecule has 124 valence electrons. The van der Waals surface area contributed by atoms with Crippen molar-refractivity contribution in [3.05, 3.63) is 95.8 Å². The van der Waals surface area contributed by atoms with Crippen LogP contribution in [0.1, 0.15) is 21.5 Å². The van der Waals surface area contributed by atoms with E-state index in [-0.39, 0.29) is 5.91 Å². The Kier molecular flexibility index (Phi) is 5.51. The number of para-hydroxylation sites is 1. The summed E-state index contributed by atoms with van der Waals surface area (Å²) in [6.45, 7) is 0.393. The standard InChI is InChI=1S/C20H17N3O2/c24-20(23-22-14-17-9-6-12-21-13-17)18-10-4-5-11-19(18)25-15-16-7-2-1-3-8-16/h1-14H,15H2,(H,23,24). The van der Waals surface area contributed by atoms with Crippen LogP contribution in [0.2, 0.25) is 0 Å². The van der Waals surface area contributed by atoms with Crippen LogP contribution < -0.4 is 10.2 Å². The Bertz CT molecular complexity index is 849. The average molecular weight is 331 g/mol. The zero-order valence-electron chi connectivity index (χ0n) is 13.5. The fraction of sp³-hybridized carbons (Fsp3) is 0.0500. The van der Waals surface area contributed by atoms with Gasteiger partial charge in [0.1, 0.15) is 12.4 Å². The third-order valence-corrected chi connectivity index (χ3v) is 3.43. The second-order valence-corrected chi connectivity index (χ2v) is 5.26. The summed E-state index contributed by atoms with van der Waals surface area (Å²) in [4.78, 5) is 16.3. The Labute approximate surface area is 146 Å². The summed E-state index contributed by atoms with van der Waals surface area (Å²) < 4.78 is 5.79. The van der Waals surface area contributed by atoms with Gasteiger partial charge in [0, 0.05) is 18.0 Å². The smallest absolute Gasteiger partial charge is 0.275 e. The first-order valence-corrected chi connectivity index (χ1v) is 7.82. The topological polar surface area (TPSA) is 63.6 Å². The lowest BCUT2D eigenvalue weighted by molar-refractivity contribution is 0.0950. The van der Waals surface area contributed by atoms with Gasteiger partial charge in [-0.15, -0.1) is 0 Å². The summed E-state index contributed by atoms with van der Waals surface area (Å²) in [7, 11) is 0. The molecule has 0 fully saturated rings. The molecule has 1 aromatic heterocycles. The number of amides is 1. The normalized spacial score (nSPS) is 10.6. The molecule has 0 aliphatic rings. The van der Waals surface area contributed by atoms with E-state index in [1.807, 2.05) is 42.5 Å². The fourth-order valence-corrected chi connectivity index (χ4v) is 2.19. The highest BCUT2D eigenvalue weighted by atomic mass is 16.5. The van der Waals surface area contributed by atoms with E-state index in [2.05, 4.69) is 15.5 Å². The zero-order chi connectivity index (χ0) is 17.3. The van der Waals surface area contributed by atoms with Gasteiger partial charge in [-0.25, -0.2) is 5.43 Å². The lowest BCUT2D eigenvalue weighted by atomic mass is 10.2. The number of rotatable bonds is 6. The molecule has 0 aliphatic carbocycles. The van der Waals surface area contributed by atoms with Gasteiger partial charge in [0.25, 0.3) is 5.91 Å². The van der Waals surface area contributed by atoms with Crippen LogP contribution in [0.5, 0.6) is 5.75 Å². The number of benzene rings is 2. The molecule has 3 aromatic rings. The van der Waals surface area contributed by atoms with E-state index < -0.39 is 0 Å². The summed E-state index contributed by atoms with van der Waals surface area (Å²) >= 11 is 0. The minimum Gasteiger partial charge on any atom is -0.488 e. The van der Waals surface area contributed by atoms with Crippen molar-refractivity contribution in [3.63, 3.8) is 0 Å². The number of carbonyl (C=O) groups is 1. The number of nitrogens with zero attached hydrogens (tertiary/aromatic N) is 2. The van der Waals surface area contributed by atoms with Crippen LogP contribution in [0, 0.1) is 0 Å². The highest BCUT2D eigenvalue weighted by Gasteiger charge is 2.11. The number of nitrogens with one attached hydrogen (secondary N) is 1. The maximum Gasteiger partial charge on any atom is 0.275 e. The molecule has 5 nitrogen and oxygen atoms in total. The second-order valence-electron chi connectivity index (χ2n) is 5.26. The third-order valence-electron chi connectivity index (χ3n) is 3.43. The van der Waals surface area contributed by atoms with E-state index in [1.165, 1.54) is 0 Å². The van der Waals surface area contributed by atoms with E-state index in [4.69, 9.17) is 4.74 Å². The summed E-state index contributed by atoms with van der Waals surface area (Å²) in [5, 5.41) is 3.96. The van der Waals surface area contributed by atoms with Crippen molar-refractivity contribution in [1.29, 1.82) is 0 Å². The van der Waals surface area contributed by atoms with Crippen molar-refractivity contribution in [1.82, 2.24) is 10.4 Å². The quantitative estimate of drug-likeness (QED) is 0.556. The van der Waals surface area contributed by atoms with Crippen LogP contribution in [0.3, 0.4) is 0 Å². The number of hydrogen-bond donors (Lipinski definition) is 1. The monoisotopic (exact) mass is 331 g/mol. The largest absolute Gasteiger partial charge is 0.488 e. The first-order valence-electron chi connectivity index (χ1n) is 7.82. The molecule has 3 rings (SSSR count). The average Bonchev–Trinajstić information content (AvgIpc) is 2.68. The summed E-state index contributed by atoms with van der Waals surface area (Å²) in [6, 6.07) is 20.5. The number of carbonyl (C=O) groups excluding carboxylic acids is 1. The maximum absolute atomic E-state index is 12.3. The number of aromatic nitrogens is 1. The van der Waals surface area contributed by atoms with E-state index in [0.29, 0.717) is 17.9 Å². The number of pyridine rings is 1. The van der Waals surface area contributed by atoms with Crippen molar-refractivity contribution in [2.24, 2.45) is 5.10 Å². The van der Waals surface area contributed by atoms with Crippen LogP contribution in [0.4, 0.5) is 0 Å². The molecule has 0 unspecified atom stereocenters. The molecule has 1 amide bonds. The summed E-state index contributed by atoms with van der Waals surface area (Å²) in [6.07, 6.45) is 4.88. The van der Waals surface area contributed by atoms with Gasteiger partial charge in [-0.1, -0.05) is 48.5 Å². The van der Waals surface area contributed by atoms with Gasteiger partial charge in [-0.05, 0) is 23.8 Å². The van der Waals surface area contributed by atoms with Gasteiger partial charge in [0.2, 0.25) is 0 Å². The van der Waals surface area contributed by atoms with Crippen molar-refractivity contribution in [3.8, 4) is 5.75 Å². The molecule has 0 saturated carbocycles. The maximum atomic E-state index is 12.3. The molecule has 5 heteroatoms. The molecule has 2 aromatic carbocycles. The van der Waals surface area contributed by atoms with Gasteiger partial charge in [-0.3, -0.25) is 9.78 Å². The fourth-order valence-electron chi connectivity index (χ4n) is 2.19. The second kappa shape index (κ2) is 8.40. The van der Waals surface area contributed by atoms with E-state index >= 15 is 0 Å². The Morgan fingerprint density at radius 1 is 1.04 bits per heavy atom. The molecule has 0 bridgehead atoms. The summed E-state index contributed by atoms with van der Waals surface area (Å²) in [5.41, 5.74) is 4.78. The first-order chi connectivity index (χ1) is 12.3. The molecule has 1 N–H and O–H groups in total. The van der Waals surface area contributed by atoms with Gasteiger partial charge in [0.05, 0.1) is 11.8 Å². The van der Waals surface area contributed by atoms with Crippen LogP contribution >= 0.6 is 0 Å². The SMILES string of the molecule is O=C(NN=Cc1cccnc1)c1ccccc1OCc1ccccc1. The third kappa shape index (κ3) is 4.75. The zero-order valence-corrected chi connectivity index (χ0v) is 13.5. The molecular formula is C20H17N3O2. The van der Waals surface area contributed by atoms with Crippen molar-refractivity contribution in [2.75, 3.05) is 0 Å². The van der Waals surface area contributed by atoms with Gasteiger partial charge in [0.15, 0.2) is 0 Å². The minimum atomic E-state index is -0.330. The van der Waals surface area contributed by atoms with Crippen LogP contribution in [0.15, 0.2) is 84.2 Å². The van der Waals surface area contributed by atoms with Crippen LogP contribution in [-0.4, -0.2) is 17.1 Å². The van der Waals surface area contributed by atoms with E-state index in [9.17, 15) is 4.79 Å². The molecule has 1 heterocycles. The molecule has 0 saturated heterocycles. The first kappa shape index (κ1) is 16.4. The minimum absolute atomic E-state index is 0.330. The van der Waals surface area contributed by atoms with Crippen molar-refractivity contribution in [2.45, 2.75) is 6.61 Å². The Morgan fingerprint density at radius 3 is 2.64 bits per heavy atom. The number of hydrazone groups is 1. The van der Waals surface area contributed by atoms with Gasteiger partial charge in [-0.2, -0.15) is 5.10 Å². The number of hydrogen-bond acceptors (Lipinski definition) is 4. The molecule has 0 spiro atoms. The highest BCUT2D eigenvalue weighted by Crippen LogP contribution is 2.19.